The molecule has 0 spiro atoms. The van der Waals surface area contributed by atoms with Crippen molar-refractivity contribution in [3.8, 4) is 0 Å². The first-order valence-corrected chi connectivity index (χ1v) is 7.47. The molecule has 112 valence electrons. The molecule has 0 aliphatic rings. The van der Waals surface area contributed by atoms with Crippen LogP contribution in [-0.4, -0.2) is 25.3 Å². The summed E-state index contributed by atoms with van der Waals surface area (Å²) in [4.78, 5) is 12.4. The van der Waals surface area contributed by atoms with Crippen molar-refractivity contribution in [3.63, 3.8) is 0 Å². The second kappa shape index (κ2) is 8.88. The van der Waals surface area contributed by atoms with E-state index in [1.54, 1.807) is 0 Å². The number of rotatable bonds is 9. The van der Waals surface area contributed by atoms with Crippen molar-refractivity contribution >= 4 is 5.78 Å². The maximum Gasteiger partial charge on any atom is 0.222 e. The highest BCUT2D eigenvalue weighted by molar-refractivity contribution is 5.98. The number of Topliss-reactive ketones (excluding diaryl/α,β-unsaturated/α-hetero) is 1. The molecule has 3 heteroatoms. The molecule has 0 atom stereocenters. The molecule has 0 N–H and O–H groups in total. The molecule has 0 radical (unpaired) electrons. The summed E-state index contributed by atoms with van der Waals surface area (Å²) in [5, 5.41) is 0. The van der Waals surface area contributed by atoms with Crippen LogP contribution in [0.1, 0.15) is 62.4 Å². The Bertz CT molecular complexity index is 387. The highest BCUT2D eigenvalue weighted by atomic mass is 16.7. The van der Waals surface area contributed by atoms with Gasteiger partial charge < -0.3 is 9.47 Å². The second-order valence-corrected chi connectivity index (χ2v) is 5.21. The lowest BCUT2D eigenvalue weighted by Crippen LogP contribution is -2.28. The molecule has 0 saturated carbocycles. The summed E-state index contributed by atoms with van der Waals surface area (Å²) in [7, 11) is 0. The van der Waals surface area contributed by atoms with Gasteiger partial charge in [-0.05, 0) is 24.3 Å². The van der Waals surface area contributed by atoms with E-state index in [-0.39, 0.29) is 5.78 Å². The van der Waals surface area contributed by atoms with E-state index in [0.29, 0.717) is 24.7 Å². The summed E-state index contributed by atoms with van der Waals surface area (Å²) in [6.45, 7) is 9.36. The summed E-state index contributed by atoms with van der Waals surface area (Å²) in [5.74, 6) is 0.366. The number of ether oxygens (including phenoxy) is 2. The van der Waals surface area contributed by atoms with Crippen LogP contribution in [0.2, 0.25) is 0 Å². The van der Waals surface area contributed by atoms with Crippen molar-refractivity contribution < 1.29 is 14.3 Å². The van der Waals surface area contributed by atoms with Crippen LogP contribution in [0.4, 0.5) is 0 Å². The number of hydrogen-bond acceptors (Lipinski definition) is 3. The Morgan fingerprint density at radius 1 is 1.00 bits per heavy atom. The van der Waals surface area contributed by atoms with Crippen molar-refractivity contribution in [2.75, 3.05) is 13.2 Å². The van der Waals surface area contributed by atoms with Gasteiger partial charge in [-0.2, -0.15) is 0 Å². The molecule has 0 amide bonds. The van der Waals surface area contributed by atoms with Crippen LogP contribution in [0, 0.1) is 0 Å². The van der Waals surface area contributed by atoms with Gasteiger partial charge in [0.2, 0.25) is 12.1 Å². The van der Waals surface area contributed by atoms with E-state index in [4.69, 9.17) is 9.47 Å². The number of carbonyl (C=O) groups is 1. The predicted octanol–water partition coefficient (Wildman–Crippen LogP) is 4.17. The lowest BCUT2D eigenvalue weighted by molar-refractivity contribution is -0.114. The standard InChI is InChI=1S/C17H26O3/c1-5-11-19-17(20-12-6-2)16(18)15-9-7-14(8-10-15)13(3)4/h7-10,13,17H,5-6,11-12H2,1-4H3. The molecular weight excluding hydrogens is 252 g/mol. The molecule has 0 aromatic heterocycles. The largest absolute Gasteiger partial charge is 0.346 e. The summed E-state index contributed by atoms with van der Waals surface area (Å²) in [5.41, 5.74) is 1.87. The molecule has 1 aromatic rings. The minimum atomic E-state index is -0.778. The maximum atomic E-state index is 12.4. The van der Waals surface area contributed by atoms with Gasteiger partial charge in [0.1, 0.15) is 0 Å². The molecule has 1 aromatic carbocycles. The van der Waals surface area contributed by atoms with Gasteiger partial charge in [-0.15, -0.1) is 0 Å². The van der Waals surface area contributed by atoms with E-state index in [1.807, 2.05) is 38.1 Å². The Labute approximate surface area is 122 Å². The van der Waals surface area contributed by atoms with E-state index in [1.165, 1.54) is 5.56 Å². The number of ketones is 1. The van der Waals surface area contributed by atoms with Crippen molar-refractivity contribution in [1.82, 2.24) is 0 Å². The third kappa shape index (κ3) is 5.06. The number of carbonyl (C=O) groups excluding carboxylic acids is 1. The van der Waals surface area contributed by atoms with Crippen molar-refractivity contribution in [1.29, 1.82) is 0 Å². The highest BCUT2D eigenvalue weighted by Crippen LogP contribution is 2.16. The predicted molar refractivity (Wildman–Crippen MR) is 81.1 cm³/mol. The SMILES string of the molecule is CCCOC(OCCC)C(=O)c1ccc(C(C)C)cc1. The Kier molecular flexibility index (Phi) is 7.48. The van der Waals surface area contributed by atoms with Gasteiger partial charge in [-0.25, -0.2) is 0 Å². The van der Waals surface area contributed by atoms with Gasteiger partial charge in [0.05, 0.1) is 0 Å². The van der Waals surface area contributed by atoms with Crippen LogP contribution in [0.25, 0.3) is 0 Å². The third-order valence-corrected chi connectivity index (χ3v) is 3.02. The Balaban J connectivity index is 2.76. The van der Waals surface area contributed by atoms with Crippen LogP contribution >= 0.6 is 0 Å². The Morgan fingerprint density at radius 3 is 1.90 bits per heavy atom. The first-order chi connectivity index (χ1) is 9.60. The first-order valence-electron chi connectivity index (χ1n) is 7.47. The zero-order valence-electron chi connectivity index (χ0n) is 13.0. The van der Waals surface area contributed by atoms with Crippen molar-refractivity contribution in [2.24, 2.45) is 0 Å². The second-order valence-electron chi connectivity index (χ2n) is 5.21. The number of hydrogen-bond donors (Lipinski definition) is 0. The lowest BCUT2D eigenvalue weighted by Gasteiger charge is -2.17. The molecule has 20 heavy (non-hydrogen) atoms. The molecule has 0 heterocycles. The van der Waals surface area contributed by atoms with Crippen LogP contribution in [0.15, 0.2) is 24.3 Å². The van der Waals surface area contributed by atoms with Crippen LogP contribution < -0.4 is 0 Å². The first kappa shape index (κ1) is 16.9. The zero-order chi connectivity index (χ0) is 15.0. The Hall–Kier alpha value is -1.19. The molecule has 0 fully saturated rings. The molecule has 0 aliphatic carbocycles. The molecule has 0 unspecified atom stereocenters. The van der Waals surface area contributed by atoms with E-state index in [2.05, 4.69) is 13.8 Å². The van der Waals surface area contributed by atoms with Crippen LogP contribution in [0.5, 0.6) is 0 Å². The fourth-order valence-electron chi connectivity index (χ4n) is 1.82. The Morgan fingerprint density at radius 2 is 1.50 bits per heavy atom. The molecular formula is C17H26O3. The topological polar surface area (TPSA) is 35.5 Å². The zero-order valence-corrected chi connectivity index (χ0v) is 13.0. The minimum Gasteiger partial charge on any atom is -0.346 e. The molecule has 0 bridgehead atoms. The van der Waals surface area contributed by atoms with Gasteiger partial charge >= 0.3 is 0 Å². The monoisotopic (exact) mass is 278 g/mol. The van der Waals surface area contributed by atoms with E-state index in [0.717, 1.165) is 12.8 Å². The van der Waals surface area contributed by atoms with E-state index < -0.39 is 6.29 Å². The summed E-state index contributed by atoms with van der Waals surface area (Å²) >= 11 is 0. The van der Waals surface area contributed by atoms with E-state index >= 15 is 0 Å². The smallest absolute Gasteiger partial charge is 0.222 e. The fourth-order valence-corrected chi connectivity index (χ4v) is 1.82. The molecule has 0 aliphatic heterocycles. The van der Waals surface area contributed by atoms with Gasteiger partial charge in [0.15, 0.2) is 0 Å². The van der Waals surface area contributed by atoms with E-state index in [9.17, 15) is 4.79 Å². The normalized spacial score (nSPS) is 11.3. The lowest BCUT2D eigenvalue weighted by atomic mass is 10.0. The van der Waals surface area contributed by atoms with Crippen LogP contribution in [0.3, 0.4) is 0 Å². The van der Waals surface area contributed by atoms with Gasteiger partial charge in [0.25, 0.3) is 0 Å². The summed E-state index contributed by atoms with van der Waals surface area (Å²) in [6.07, 6.45) is 0.955. The van der Waals surface area contributed by atoms with Crippen molar-refractivity contribution in [3.05, 3.63) is 35.4 Å². The molecule has 0 saturated heterocycles. The molecule has 1 rings (SSSR count). The third-order valence-electron chi connectivity index (χ3n) is 3.02. The number of benzene rings is 1. The average Bonchev–Trinajstić information content (AvgIpc) is 2.47. The summed E-state index contributed by atoms with van der Waals surface area (Å²) in [6, 6.07) is 7.70. The highest BCUT2D eigenvalue weighted by Gasteiger charge is 2.21. The fraction of sp³-hybridized carbons (Fsp3) is 0.588. The summed E-state index contributed by atoms with van der Waals surface area (Å²) < 4.78 is 11.0. The maximum absolute atomic E-state index is 12.4. The quantitative estimate of drug-likeness (QED) is 0.502. The van der Waals surface area contributed by atoms with Gasteiger partial charge in [0, 0.05) is 18.8 Å². The van der Waals surface area contributed by atoms with Crippen molar-refractivity contribution in [2.45, 2.75) is 52.7 Å². The molecule has 3 nitrogen and oxygen atoms in total. The van der Waals surface area contributed by atoms with Gasteiger partial charge in [-0.1, -0.05) is 52.0 Å². The minimum absolute atomic E-state index is 0.0952. The van der Waals surface area contributed by atoms with Gasteiger partial charge in [-0.3, -0.25) is 4.79 Å². The van der Waals surface area contributed by atoms with Crippen LogP contribution in [-0.2, 0) is 9.47 Å². The average molecular weight is 278 g/mol.